The lowest BCUT2D eigenvalue weighted by atomic mass is 9.98. The molecular weight excluding hydrogens is 329 g/mol. The Balaban J connectivity index is 2.29. The number of esters is 1. The molecule has 1 saturated carbocycles. The van der Waals surface area contributed by atoms with E-state index in [9.17, 15) is 18.8 Å². The number of hydrogen-bond acceptors (Lipinski definition) is 4. The number of aromatic nitrogens is 1. The fourth-order valence-electron chi connectivity index (χ4n) is 2.86. The highest BCUT2D eigenvalue weighted by molar-refractivity contribution is 5.94. The first kappa shape index (κ1) is 17.1. The maximum Gasteiger partial charge on any atom is 0.343 e. The van der Waals surface area contributed by atoms with Crippen molar-refractivity contribution in [3.63, 3.8) is 0 Å². The molecule has 132 valence electrons. The highest BCUT2D eigenvalue weighted by Gasteiger charge is 2.28. The second-order valence-corrected chi connectivity index (χ2v) is 6.18. The quantitative estimate of drug-likeness (QED) is 0.841. The molecule has 1 aromatic carbocycles. The van der Waals surface area contributed by atoms with Gasteiger partial charge < -0.3 is 14.4 Å². The summed E-state index contributed by atoms with van der Waals surface area (Å²) in [6.45, 7) is 3.15. The number of nitrogens with zero attached hydrogens (tertiary/aromatic N) is 1. The normalized spacial score (nSPS) is 15.2. The standard InChI is InChI=1S/C18H18FNO5/c1-3-25-18(24)13-8-20(10-4-5-10)15-7-11(9(2)17(22)23)14(19)6-12(15)16(13)21/h6-10H,3-5H2,1-2H3,(H,22,23). The summed E-state index contributed by atoms with van der Waals surface area (Å²) in [5.41, 5.74) is -0.304. The third-order valence-corrected chi connectivity index (χ3v) is 4.42. The van der Waals surface area contributed by atoms with Gasteiger partial charge in [-0.1, -0.05) is 0 Å². The number of fused-ring (bicyclic) bond motifs is 1. The smallest absolute Gasteiger partial charge is 0.343 e. The number of carboxylic acids is 1. The van der Waals surface area contributed by atoms with E-state index < -0.39 is 29.1 Å². The summed E-state index contributed by atoms with van der Waals surface area (Å²) < 4.78 is 21.1. The van der Waals surface area contributed by atoms with Crippen LogP contribution in [0.15, 0.2) is 23.1 Å². The van der Waals surface area contributed by atoms with Gasteiger partial charge in [0.25, 0.3) is 0 Å². The maximum atomic E-state index is 14.4. The van der Waals surface area contributed by atoms with Gasteiger partial charge in [0.1, 0.15) is 11.4 Å². The van der Waals surface area contributed by atoms with Crippen LogP contribution in [-0.2, 0) is 9.53 Å². The van der Waals surface area contributed by atoms with Crippen molar-refractivity contribution in [2.75, 3.05) is 6.61 Å². The van der Waals surface area contributed by atoms with Crippen molar-refractivity contribution >= 4 is 22.8 Å². The third-order valence-electron chi connectivity index (χ3n) is 4.42. The van der Waals surface area contributed by atoms with Crippen LogP contribution in [0.25, 0.3) is 10.9 Å². The van der Waals surface area contributed by atoms with Crippen LogP contribution in [0.4, 0.5) is 4.39 Å². The van der Waals surface area contributed by atoms with Crippen molar-refractivity contribution in [3.05, 3.63) is 45.5 Å². The first-order valence-corrected chi connectivity index (χ1v) is 8.13. The van der Waals surface area contributed by atoms with E-state index in [2.05, 4.69) is 0 Å². The first-order valence-electron chi connectivity index (χ1n) is 8.13. The van der Waals surface area contributed by atoms with Gasteiger partial charge in [-0.2, -0.15) is 0 Å². The van der Waals surface area contributed by atoms with Crippen LogP contribution in [0.5, 0.6) is 0 Å². The minimum absolute atomic E-state index is 0.0117. The molecule has 1 aliphatic rings. The lowest BCUT2D eigenvalue weighted by molar-refractivity contribution is -0.138. The van der Waals surface area contributed by atoms with E-state index in [1.54, 1.807) is 11.5 Å². The summed E-state index contributed by atoms with van der Waals surface area (Å²) in [6.07, 6.45) is 3.19. The molecule has 1 aliphatic carbocycles. The molecule has 1 fully saturated rings. The fourth-order valence-corrected chi connectivity index (χ4v) is 2.86. The van der Waals surface area contributed by atoms with Crippen LogP contribution in [-0.4, -0.2) is 28.2 Å². The Bertz CT molecular complexity index is 929. The zero-order valence-corrected chi connectivity index (χ0v) is 13.9. The molecule has 6 nitrogen and oxygen atoms in total. The molecule has 0 spiro atoms. The average Bonchev–Trinajstić information content (AvgIpc) is 3.39. The molecule has 1 aromatic heterocycles. The number of pyridine rings is 1. The first-order chi connectivity index (χ1) is 11.8. The molecule has 0 amide bonds. The summed E-state index contributed by atoms with van der Waals surface area (Å²) in [4.78, 5) is 35.9. The van der Waals surface area contributed by atoms with Crippen LogP contribution in [0.1, 0.15) is 54.6 Å². The lowest BCUT2D eigenvalue weighted by Crippen LogP contribution is -2.21. The zero-order chi connectivity index (χ0) is 18.3. The van der Waals surface area contributed by atoms with Crippen LogP contribution in [0.3, 0.4) is 0 Å². The van der Waals surface area contributed by atoms with Crippen molar-refractivity contribution in [1.29, 1.82) is 0 Å². The van der Waals surface area contributed by atoms with Crippen molar-refractivity contribution in [2.45, 2.75) is 38.6 Å². The molecule has 1 heterocycles. The summed E-state index contributed by atoms with van der Waals surface area (Å²) in [5, 5.41) is 9.21. The predicted molar refractivity (Wildman–Crippen MR) is 88.4 cm³/mol. The monoisotopic (exact) mass is 347 g/mol. The van der Waals surface area contributed by atoms with Gasteiger partial charge >= 0.3 is 11.9 Å². The fraction of sp³-hybridized carbons (Fsp3) is 0.389. The Morgan fingerprint density at radius 3 is 2.64 bits per heavy atom. The van der Waals surface area contributed by atoms with Gasteiger partial charge in [0.15, 0.2) is 0 Å². The molecule has 0 aliphatic heterocycles. The number of halogens is 1. The Kier molecular flexibility index (Phi) is 4.32. The number of hydrogen-bond donors (Lipinski definition) is 1. The van der Waals surface area contributed by atoms with Gasteiger partial charge in [-0.25, -0.2) is 9.18 Å². The minimum Gasteiger partial charge on any atom is -0.481 e. The molecule has 1 atom stereocenters. The number of carbonyl (C=O) groups excluding carboxylic acids is 1. The van der Waals surface area contributed by atoms with E-state index in [-0.39, 0.29) is 29.2 Å². The number of rotatable bonds is 5. The van der Waals surface area contributed by atoms with Crippen molar-refractivity contribution in [2.24, 2.45) is 0 Å². The summed E-state index contributed by atoms with van der Waals surface area (Å²) >= 11 is 0. The van der Waals surface area contributed by atoms with Crippen LogP contribution in [0, 0.1) is 5.82 Å². The van der Waals surface area contributed by atoms with Gasteiger partial charge in [0, 0.05) is 23.2 Å². The van der Waals surface area contributed by atoms with Crippen LogP contribution >= 0.6 is 0 Å². The van der Waals surface area contributed by atoms with E-state index in [0.29, 0.717) is 5.52 Å². The van der Waals surface area contributed by atoms with Crippen molar-refractivity contribution in [3.8, 4) is 0 Å². The van der Waals surface area contributed by atoms with Crippen LogP contribution in [0.2, 0.25) is 0 Å². The van der Waals surface area contributed by atoms with Gasteiger partial charge in [0.05, 0.1) is 18.0 Å². The SMILES string of the molecule is CCOC(=O)c1cn(C2CC2)c2cc(C(C)C(=O)O)c(F)cc2c1=O. The van der Waals surface area contributed by atoms with Crippen molar-refractivity contribution < 1.29 is 23.8 Å². The molecule has 0 saturated heterocycles. The molecule has 1 N–H and O–H groups in total. The van der Waals surface area contributed by atoms with E-state index in [1.165, 1.54) is 19.2 Å². The van der Waals surface area contributed by atoms with Crippen molar-refractivity contribution in [1.82, 2.24) is 4.57 Å². The highest BCUT2D eigenvalue weighted by atomic mass is 19.1. The molecule has 7 heteroatoms. The van der Waals surface area contributed by atoms with Gasteiger partial charge in [0.2, 0.25) is 5.43 Å². The average molecular weight is 347 g/mol. The number of ether oxygens (including phenoxy) is 1. The number of aliphatic carboxylic acids is 1. The van der Waals surface area contributed by atoms with Crippen LogP contribution < -0.4 is 5.43 Å². The second kappa shape index (κ2) is 6.31. The molecule has 25 heavy (non-hydrogen) atoms. The van der Waals surface area contributed by atoms with E-state index in [4.69, 9.17) is 9.84 Å². The number of carbonyl (C=O) groups is 2. The zero-order valence-electron chi connectivity index (χ0n) is 13.9. The van der Waals surface area contributed by atoms with E-state index in [1.807, 2.05) is 0 Å². The van der Waals surface area contributed by atoms with Gasteiger partial charge in [-0.05, 0) is 38.8 Å². The molecular formula is C18H18FNO5. The minimum atomic E-state index is -1.15. The van der Waals surface area contributed by atoms with Gasteiger partial charge in [-0.3, -0.25) is 9.59 Å². The summed E-state index contributed by atoms with van der Waals surface area (Å²) in [5.74, 6) is -3.71. The summed E-state index contributed by atoms with van der Waals surface area (Å²) in [7, 11) is 0. The maximum absolute atomic E-state index is 14.4. The van der Waals surface area contributed by atoms with Gasteiger partial charge in [-0.15, -0.1) is 0 Å². The Hall–Kier alpha value is -2.70. The molecule has 2 aromatic rings. The predicted octanol–water partition coefficient (Wildman–Crippen LogP) is 2.84. The van der Waals surface area contributed by atoms with E-state index >= 15 is 0 Å². The Morgan fingerprint density at radius 1 is 1.40 bits per heavy atom. The summed E-state index contributed by atoms with van der Waals surface area (Å²) in [6, 6.07) is 2.53. The molecule has 1 unspecified atom stereocenters. The number of carboxylic acid groups (broad SMARTS) is 1. The topological polar surface area (TPSA) is 85.6 Å². The Morgan fingerprint density at radius 2 is 2.08 bits per heavy atom. The van der Waals surface area contributed by atoms with E-state index in [0.717, 1.165) is 18.9 Å². The molecule has 0 radical (unpaired) electrons. The largest absolute Gasteiger partial charge is 0.481 e. The third kappa shape index (κ3) is 3.01. The second-order valence-electron chi connectivity index (χ2n) is 6.18. The highest BCUT2D eigenvalue weighted by Crippen LogP contribution is 2.37. The number of benzene rings is 1. The molecule has 3 rings (SSSR count). The Labute approximate surface area is 142 Å². The lowest BCUT2D eigenvalue weighted by Gasteiger charge is -2.15. The molecule has 0 bridgehead atoms.